The third-order valence-corrected chi connectivity index (χ3v) is 5.53. The monoisotopic (exact) mass is 417 g/mol. The van der Waals surface area contributed by atoms with Crippen molar-refractivity contribution in [1.29, 1.82) is 0 Å². The number of hydrogen-bond acceptors (Lipinski definition) is 5. The van der Waals surface area contributed by atoms with Crippen LogP contribution >= 0.6 is 12.4 Å². The van der Waals surface area contributed by atoms with Crippen molar-refractivity contribution in [2.24, 2.45) is 0 Å². The molecule has 2 rings (SSSR count). The maximum atomic E-state index is 13.3. The minimum absolute atomic E-state index is 0. The predicted octanol–water partition coefficient (Wildman–Crippen LogP) is 1.54. The van der Waals surface area contributed by atoms with E-state index in [9.17, 15) is 21.6 Å². The fourth-order valence-electron chi connectivity index (χ4n) is 2.74. The molecule has 0 spiro atoms. The molecule has 1 saturated heterocycles. The SMILES string of the molecule is COc1ccc(S(=O)(=O)NCC(N2CCNCC2)C(F)(F)F)cc1C.Cl. The molecule has 1 aliphatic heterocycles. The molecule has 0 saturated carbocycles. The molecule has 1 unspecified atom stereocenters. The molecule has 0 radical (unpaired) electrons. The summed E-state index contributed by atoms with van der Waals surface area (Å²) in [6.07, 6.45) is -4.52. The summed E-state index contributed by atoms with van der Waals surface area (Å²) in [6.45, 7) is 2.25. The number of rotatable bonds is 6. The Kier molecular flexibility index (Phi) is 8.15. The van der Waals surface area contributed by atoms with Crippen LogP contribution in [-0.4, -0.2) is 65.4 Å². The van der Waals surface area contributed by atoms with Crippen molar-refractivity contribution >= 4 is 22.4 Å². The number of halogens is 4. The van der Waals surface area contributed by atoms with Gasteiger partial charge >= 0.3 is 6.18 Å². The summed E-state index contributed by atoms with van der Waals surface area (Å²) in [5.41, 5.74) is 0.583. The molecule has 6 nitrogen and oxygen atoms in total. The number of methoxy groups -OCH3 is 1. The van der Waals surface area contributed by atoms with Gasteiger partial charge in [-0.1, -0.05) is 0 Å². The van der Waals surface area contributed by atoms with Crippen LogP contribution in [0, 0.1) is 6.92 Å². The summed E-state index contributed by atoms with van der Waals surface area (Å²) in [7, 11) is -2.60. The predicted molar refractivity (Wildman–Crippen MR) is 94.5 cm³/mol. The highest BCUT2D eigenvalue weighted by Gasteiger charge is 2.44. The van der Waals surface area contributed by atoms with Gasteiger partial charge in [-0.2, -0.15) is 13.2 Å². The van der Waals surface area contributed by atoms with Crippen LogP contribution in [0.15, 0.2) is 23.1 Å². The highest BCUT2D eigenvalue weighted by Crippen LogP contribution is 2.26. The smallest absolute Gasteiger partial charge is 0.405 e. The first-order valence-electron chi connectivity index (χ1n) is 7.81. The van der Waals surface area contributed by atoms with Gasteiger partial charge in [-0.3, -0.25) is 4.90 Å². The molecular formula is C15H23ClF3N3O3S. The quantitative estimate of drug-likeness (QED) is 0.734. The number of alkyl halides is 3. The standard InChI is InChI=1S/C15H22F3N3O3S.ClH/c1-11-9-12(3-4-13(11)24-2)25(22,23)20-10-14(15(16,17)18)21-7-5-19-6-8-21;/h3-4,9,14,19-20H,5-8,10H2,1-2H3;1H. The number of piperazine rings is 1. The van der Waals surface area contributed by atoms with Gasteiger partial charge in [-0.05, 0) is 30.7 Å². The van der Waals surface area contributed by atoms with Crippen LogP contribution in [0.3, 0.4) is 0 Å². The lowest BCUT2D eigenvalue weighted by atomic mass is 10.2. The third-order valence-electron chi connectivity index (χ3n) is 4.11. The Labute approximate surface area is 157 Å². The maximum absolute atomic E-state index is 13.3. The van der Waals surface area contributed by atoms with Gasteiger partial charge in [0.2, 0.25) is 10.0 Å². The lowest BCUT2D eigenvalue weighted by Crippen LogP contribution is -2.57. The number of nitrogens with zero attached hydrogens (tertiary/aromatic N) is 1. The van der Waals surface area contributed by atoms with Crippen molar-refractivity contribution in [3.05, 3.63) is 23.8 Å². The summed E-state index contributed by atoms with van der Waals surface area (Å²) < 4.78 is 71.8. The molecule has 1 atom stereocenters. The van der Waals surface area contributed by atoms with Gasteiger partial charge in [0.1, 0.15) is 11.8 Å². The van der Waals surface area contributed by atoms with E-state index in [1.807, 2.05) is 0 Å². The summed E-state index contributed by atoms with van der Waals surface area (Å²) >= 11 is 0. The van der Waals surface area contributed by atoms with Crippen LogP contribution in [0.25, 0.3) is 0 Å². The Hall–Kier alpha value is -1.07. The van der Waals surface area contributed by atoms with Crippen LogP contribution in [0.2, 0.25) is 0 Å². The second-order valence-electron chi connectivity index (χ2n) is 5.83. The molecule has 0 aliphatic carbocycles. The molecule has 150 valence electrons. The first kappa shape index (κ1) is 23.0. The Morgan fingerprint density at radius 3 is 2.42 bits per heavy atom. The summed E-state index contributed by atoms with van der Waals surface area (Å²) in [6, 6.07) is 2.29. The van der Waals surface area contributed by atoms with Crippen molar-refractivity contribution in [3.63, 3.8) is 0 Å². The lowest BCUT2D eigenvalue weighted by molar-refractivity contribution is -0.182. The number of sulfonamides is 1. The lowest BCUT2D eigenvalue weighted by Gasteiger charge is -2.35. The van der Waals surface area contributed by atoms with Crippen LogP contribution in [-0.2, 0) is 10.0 Å². The van der Waals surface area contributed by atoms with E-state index in [0.29, 0.717) is 24.4 Å². The summed E-state index contributed by atoms with van der Waals surface area (Å²) in [4.78, 5) is 1.16. The van der Waals surface area contributed by atoms with Gasteiger partial charge in [-0.15, -0.1) is 12.4 Å². The Morgan fingerprint density at radius 2 is 1.92 bits per heavy atom. The zero-order valence-electron chi connectivity index (χ0n) is 14.5. The van der Waals surface area contributed by atoms with Crippen molar-refractivity contribution < 1.29 is 26.3 Å². The van der Waals surface area contributed by atoms with E-state index in [-0.39, 0.29) is 30.4 Å². The molecule has 1 aromatic rings. The van der Waals surface area contributed by atoms with E-state index in [1.165, 1.54) is 30.2 Å². The topological polar surface area (TPSA) is 70.7 Å². The normalized spacial score (nSPS) is 17.4. The van der Waals surface area contributed by atoms with E-state index in [2.05, 4.69) is 10.0 Å². The van der Waals surface area contributed by atoms with Gasteiger partial charge in [0.05, 0.1) is 12.0 Å². The molecule has 0 amide bonds. The summed E-state index contributed by atoms with van der Waals surface area (Å²) in [5, 5.41) is 2.98. The fourth-order valence-corrected chi connectivity index (χ4v) is 3.86. The molecule has 1 heterocycles. The number of benzene rings is 1. The summed E-state index contributed by atoms with van der Waals surface area (Å²) in [5.74, 6) is 0.507. The van der Waals surface area contributed by atoms with Crippen LogP contribution < -0.4 is 14.8 Å². The number of ether oxygens (including phenoxy) is 1. The largest absolute Gasteiger partial charge is 0.496 e. The molecule has 0 aromatic heterocycles. The molecule has 0 bridgehead atoms. The average molecular weight is 418 g/mol. The van der Waals surface area contributed by atoms with Gasteiger partial charge in [-0.25, -0.2) is 13.1 Å². The molecule has 1 fully saturated rings. The first-order chi connectivity index (χ1) is 11.6. The zero-order valence-corrected chi connectivity index (χ0v) is 16.1. The zero-order chi connectivity index (χ0) is 18.7. The third kappa shape index (κ3) is 5.71. The highest BCUT2D eigenvalue weighted by molar-refractivity contribution is 7.89. The maximum Gasteiger partial charge on any atom is 0.405 e. The molecule has 1 aromatic carbocycles. The van der Waals surface area contributed by atoms with Gasteiger partial charge < -0.3 is 10.1 Å². The first-order valence-corrected chi connectivity index (χ1v) is 9.29. The second kappa shape index (κ2) is 9.23. The van der Waals surface area contributed by atoms with E-state index in [0.717, 1.165) is 0 Å². The number of nitrogens with one attached hydrogen (secondary N) is 2. The van der Waals surface area contributed by atoms with Gasteiger partial charge in [0, 0.05) is 32.7 Å². The van der Waals surface area contributed by atoms with Crippen LogP contribution in [0.1, 0.15) is 5.56 Å². The molecule has 2 N–H and O–H groups in total. The minimum Gasteiger partial charge on any atom is -0.496 e. The van der Waals surface area contributed by atoms with E-state index >= 15 is 0 Å². The molecule has 11 heteroatoms. The van der Waals surface area contributed by atoms with E-state index < -0.39 is 28.8 Å². The van der Waals surface area contributed by atoms with E-state index in [4.69, 9.17) is 4.74 Å². The number of hydrogen-bond donors (Lipinski definition) is 2. The Bertz CT molecular complexity index is 695. The second-order valence-corrected chi connectivity index (χ2v) is 7.59. The van der Waals surface area contributed by atoms with Gasteiger partial charge in [0.15, 0.2) is 0 Å². The molecule has 26 heavy (non-hydrogen) atoms. The van der Waals surface area contributed by atoms with Crippen molar-refractivity contribution in [2.75, 3.05) is 39.8 Å². The fraction of sp³-hybridized carbons (Fsp3) is 0.600. The van der Waals surface area contributed by atoms with Crippen molar-refractivity contribution in [3.8, 4) is 5.75 Å². The molecule has 1 aliphatic rings. The van der Waals surface area contributed by atoms with Crippen molar-refractivity contribution in [1.82, 2.24) is 14.9 Å². The van der Waals surface area contributed by atoms with Crippen LogP contribution in [0.4, 0.5) is 13.2 Å². The minimum atomic E-state index is -4.52. The Balaban J connectivity index is 0.00000338. The number of aryl methyl sites for hydroxylation is 1. The highest BCUT2D eigenvalue weighted by atomic mass is 35.5. The van der Waals surface area contributed by atoms with E-state index in [1.54, 1.807) is 6.92 Å². The van der Waals surface area contributed by atoms with Gasteiger partial charge in [0.25, 0.3) is 0 Å². The Morgan fingerprint density at radius 1 is 1.31 bits per heavy atom. The molecular weight excluding hydrogens is 395 g/mol. The van der Waals surface area contributed by atoms with Crippen LogP contribution in [0.5, 0.6) is 5.75 Å². The van der Waals surface area contributed by atoms with Crippen molar-refractivity contribution in [2.45, 2.75) is 24.0 Å². The average Bonchev–Trinajstić information content (AvgIpc) is 2.54.